The molecule has 0 radical (unpaired) electrons. The molecule has 0 N–H and O–H groups in total. The van der Waals surface area contributed by atoms with E-state index in [1.165, 1.54) is 10.4 Å². The Morgan fingerprint density at radius 2 is 1.86 bits per heavy atom. The van der Waals surface area contributed by atoms with Gasteiger partial charge < -0.3 is 14.2 Å². The van der Waals surface area contributed by atoms with Crippen LogP contribution in [0.3, 0.4) is 0 Å². The SMILES string of the molecule is CCc1ccccc1OCC(=O)OCc1cccc(S(=O)(=O)N2CCOCC2)c1. The van der Waals surface area contributed by atoms with Crippen molar-refractivity contribution < 1.29 is 27.4 Å². The van der Waals surface area contributed by atoms with Crippen LogP contribution in [0.25, 0.3) is 0 Å². The highest BCUT2D eigenvalue weighted by Crippen LogP contribution is 2.20. The van der Waals surface area contributed by atoms with Crippen molar-refractivity contribution in [3.63, 3.8) is 0 Å². The molecular formula is C21H25NO6S. The number of carbonyl (C=O) groups is 1. The third kappa shape index (κ3) is 5.56. The Morgan fingerprint density at radius 1 is 1.10 bits per heavy atom. The average Bonchev–Trinajstić information content (AvgIpc) is 2.77. The van der Waals surface area contributed by atoms with Crippen molar-refractivity contribution in [1.82, 2.24) is 4.31 Å². The van der Waals surface area contributed by atoms with E-state index in [2.05, 4.69) is 0 Å². The van der Waals surface area contributed by atoms with Gasteiger partial charge in [0.05, 0.1) is 18.1 Å². The first-order valence-corrected chi connectivity index (χ1v) is 11.0. The van der Waals surface area contributed by atoms with Crippen molar-refractivity contribution in [1.29, 1.82) is 0 Å². The molecule has 29 heavy (non-hydrogen) atoms. The van der Waals surface area contributed by atoms with Crippen molar-refractivity contribution in [3.05, 3.63) is 59.7 Å². The fraction of sp³-hybridized carbons (Fsp3) is 0.381. The second-order valence-electron chi connectivity index (χ2n) is 6.57. The Kier molecular flexibility index (Phi) is 7.24. The lowest BCUT2D eigenvalue weighted by atomic mass is 10.1. The lowest BCUT2D eigenvalue weighted by Crippen LogP contribution is -2.40. The zero-order chi connectivity index (χ0) is 20.7. The van der Waals surface area contributed by atoms with E-state index in [0.717, 1.165) is 12.0 Å². The summed E-state index contributed by atoms with van der Waals surface area (Å²) in [6, 6.07) is 14.0. The Morgan fingerprint density at radius 3 is 2.62 bits per heavy atom. The molecule has 2 aromatic rings. The van der Waals surface area contributed by atoms with Crippen LogP contribution in [-0.4, -0.2) is 51.6 Å². The first kappa shape index (κ1) is 21.3. The summed E-state index contributed by atoms with van der Waals surface area (Å²) in [6.07, 6.45) is 0.801. The third-order valence-electron chi connectivity index (χ3n) is 4.61. The van der Waals surface area contributed by atoms with E-state index in [0.29, 0.717) is 37.6 Å². The maximum absolute atomic E-state index is 12.7. The van der Waals surface area contributed by atoms with Crippen LogP contribution in [0.15, 0.2) is 53.4 Å². The molecule has 0 aliphatic carbocycles. The predicted octanol–water partition coefficient (Wildman–Crippen LogP) is 2.39. The minimum Gasteiger partial charge on any atom is -0.482 e. The number of sulfonamides is 1. The highest BCUT2D eigenvalue weighted by molar-refractivity contribution is 7.89. The summed E-state index contributed by atoms with van der Waals surface area (Å²) in [4.78, 5) is 12.2. The van der Waals surface area contributed by atoms with Crippen LogP contribution in [0.1, 0.15) is 18.1 Å². The molecule has 1 saturated heterocycles. The highest BCUT2D eigenvalue weighted by atomic mass is 32.2. The highest BCUT2D eigenvalue weighted by Gasteiger charge is 2.26. The molecule has 0 aromatic heterocycles. The summed E-state index contributed by atoms with van der Waals surface area (Å²) in [5.74, 6) is 0.142. The molecule has 0 atom stereocenters. The molecule has 3 rings (SSSR count). The van der Waals surface area contributed by atoms with Crippen LogP contribution in [0, 0.1) is 0 Å². The normalized spacial score (nSPS) is 15.1. The van der Waals surface area contributed by atoms with Crippen molar-refractivity contribution in [2.45, 2.75) is 24.8 Å². The summed E-state index contributed by atoms with van der Waals surface area (Å²) in [6.45, 7) is 3.22. The van der Waals surface area contributed by atoms with Crippen LogP contribution >= 0.6 is 0 Å². The number of benzene rings is 2. The average molecular weight is 419 g/mol. The van der Waals surface area contributed by atoms with E-state index in [9.17, 15) is 13.2 Å². The van der Waals surface area contributed by atoms with E-state index < -0.39 is 16.0 Å². The number of para-hydroxylation sites is 1. The number of hydrogen-bond acceptors (Lipinski definition) is 6. The van der Waals surface area contributed by atoms with Gasteiger partial charge in [-0.05, 0) is 35.7 Å². The van der Waals surface area contributed by atoms with E-state index in [-0.39, 0.29) is 18.1 Å². The van der Waals surface area contributed by atoms with Gasteiger partial charge in [0.25, 0.3) is 0 Å². The molecule has 0 amide bonds. The Labute approximate surface area is 171 Å². The molecule has 8 heteroatoms. The Balaban J connectivity index is 1.57. The van der Waals surface area contributed by atoms with Gasteiger partial charge in [-0.1, -0.05) is 37.3 Å². The molecule has 0 saturated carbocycles. The number of esters is 1. The summed E-state index contributed by atoms with van der Waals surface area (Å²) in [5, 5.41) is 0. The molecule has 156 valence electrons. The van der Waals surface area contributed by atoms with Gasteiger partial charge in [-0.25, -0.2) is 13.2 Å². The number of carbonyl (C=O) groups excluding carboxylic acids is 1. The number of aryl methyl sites for hydroxylation is 1. The van der Waals surface area contributed by atoms with Crippen molar-refractivity contribution >= 4 is 16.0 Å². The first-order valence-electron chi connectivity index (χ1n) is 9.54. The van der Waals surface area contributed by atoms with Gasteiger partial charge in [0, 0.05) is 13.1 Å². The quantitative estimate of drug-likeness (QED) is 0.611. The van der Waals surface area contributed by atoms with Crippen molar-refractivity contribution in [3.8, 4) is 5.75 Å². The number of nitrogens with zero attached hydrogens (tertiary/aromatic N) is 1. The molecular weight excluding hydrogens is 394 g/mol. The lowest BCUT2D eigenvalue weighted by Gasteiger charge is -2.26. The summed E-state index contributed by atoms with van der Waals surface area (Å²) in [5.41, 5.74) is 1.61. The van der Waals surface area contributed by atoms with Gasteiger partial charge in [0.15, 0.2) is 6.61 Å². The minimum absolute atomic E-state index is 0.0237. The Bertz CT molecular complexity index is 938. The summed E-state index contributed by atoms with van der Waals surface area (Å²) < 4.78 is 42.9. The van der Waals surface area contributed by atoms with Crippen LogP contribution in [-0.2, 0) is 37.3 Å². The number of ether oxygens (including phenoxy) is 3. The van der Waals surface area contributed by atoms with E-state index >= 15 is 0 Å². The maximum atomic E-state index is 12.7. The zero-order valence-corrected chi connectivity index (χ0v) is 17.2. The summed E-state index contributed by atoms with van der Waals surface area (Å²) >= 11 is 0. The van der Waals surface area contributed by atoms with Crippen LogP contribution in [0.2, 0.25) is 0 Å². The topological polar surface area (TPSA) is 82.1 Å². The predicted molar refractivity (Wildman–Crippen MR) is 107 cm³/mol. The molecule has 1 heterocycles. The largest absolute Gasteiger partial charge is 0.482 e. The molecule has 7 nitrogen and oxygen atoms in total. The van der Waals surface area contributed by atoms with Gasteiger partial charge >= 0.3 is 5.97 Å². The standard InChI is InChI=1S/C21H25NO6S/c1-2-18-7-3-4-9-20(18)27-16-21(23)28-15-17-6-5-8-19(14-17)29(24,25)22-10-12-26-13-11-22/h3-9,14H,2,10-13,15-16H2,1H3. The van der Waals surface area contributed by atoms with Gasteiger partial charge in [-0.15, -0.1) is 0 Å². The fourth-order valence-electron chi connectivity index (χ4n) is 3.01. The molecule has 1 fully saturated rings. The second kappa shape index (κ2) is 9.87. The van der Waals surface area contributed by atoms with Crippen molar-refractivity contribution in [2.75, 3.05) is 32.9 Å². The minimum atomic E-state index is -3.59. The fourth-order valence-corrected chi connectivity index (χ4v) is 4.49. The lowest BCUT2D eigenvalue weighted by molar-refractivity contribution is -0.147. The number of rotatable bonds is 8. The van der Waals surface area contributed by atoms with Gasteiger partial charge in [-0.2, -0.15) is 4.31 Å². The number of morpholine rings is 1. The first-order chi connectivity index (χ1) is 14.0. The van der Waals surface area contributed by atoms with E-state index in [4.69, 9.17) is 14.2 Å². The molecule has 2 aromatic carbocycles. The zero-order valence-electron chi connectivity index (χ0n) is 16.4. The van der Waals surface area contributed by atoms with Crippen LogP contribution in [0.5, 0.6) is 5.75 Å². The molecule has 0 bridgehead atoms. The smallest absolute Gasteiger partial charge is 0.344 e. The molecule has 1 aliphatic rings. The van der Waals surface area contributed by atoms with Crippen LogP contribution in [0.4, 0.5) is 0 Å². The van der Waals surface area contributed by atoms with E-state index in [1.807, 2.05) is 31.2 Å². The van der Waals surface area contributed by atoms with Crippen LogP contribution < -0.4 is 4.74 Å². The summed E-state index contributed by atoms with van der Waals surface area (Å²) in [7, 11) is -3.59. The van der Waals surface area contributed by atoms with E-state index in [1.54, 1.807) is 18.2 Å². The molecule has 0 unspecified atom stereocenters. The molecule has 1 aliphatic heterocycles. The van der Waals surface area contributed by atoms with Gasteiger partial charge in [0.1, 0.15) is 12.4 Å². The van der Waals surface area contributed by atoms with Gasteiger partial charge in [0.2, 0.25) is 10.0 Å². The maximum Gasteiger partial charge on any atom is 0.344 e. The van der Waals surface area contributed by atoms with Gasteiger partial charge in [-0.3, -0.25) is 0 Å². The monoisotopic (exact) mass is 419 g/mol. The molecule has 0 spiro atoms. The van der Waals surface area contributed by atoms with Crippen molar-refractivity contribution in [2.24, 2.45) is 0 Å². The Hall–Kier alpha value is -2.42. The number of hydrogen-bond donors (Lipinski definition) is 0. The second-order valence-corrected chi connectivity index (χ2v) is 8.51. The third-order valence-corrected chi connectivity index (χ3v) is 6.50.